The first-order valence-electron chi connectivity index (χ1n) is 13.2. The van der Waals surface area contributed by atoms with Crippen molar-refractivity contribution in [1.82, 2.24) is 25.6 Å². The number of hydrogen-bond acceptors (Lipinski definition) is 5. The van der Waals surface area contributed by atoms with E-state index in [4.69, 9.17) is 4.74 Å². The maximum atomic E-state index is 13.6. The molecule has 2 aliphatic rings. The van der Waals surface area contributed by atoms with Gasteiger partial charge in [0.15, 0.2) is 0 Å². The lowest BCUT2D eigenvalue weighted by molar-refractivity contribution is -0.121. The van der Waals surface area contributed by atoms with Crippen LogP contribution in [0.25, 0.3) is 22.3 Å². The van der Waals surface area contributed by atoms with Gasteiger partial charge >= 0.3 is 0 Å². The summed E-state index contributed by atoms with van der Waals surface area (Å²) in [6.45, 7) is 6.18. The fourth-order valence-corrected chi connectivity index (χ4v) is 5.22. The molecule has 3 atom stereocenters. The van der Waals surface area contributed by atoms with Crippen LogP contribution < -0.4 is 15.4 Å². The number of alkyl halides is 2. The van der Waals surface area contributed by atoms with E-state index in [1.165, 1.54) is 18.5 Å². The minimum Gasteiger partial charge on any atom is -0.493 e. The van der Waals surface area contributed by atoms with E-state index < -0.39 is 6.43 Å². The summed E-state index contributed by atoms with van der Waals surface area (Å²) in [7, 11) is 0. The Bertz CT molecular complexity index is 1350. The highest BCUT2D eigenvalue weighted by Crippen LogP contribution is 2.38. The fraction of sp³-hybridized carbons (Fsp3) is 0.500. The molecular formula is C28H33F2N5O3. The predicted octanol–water partition coefficient (Wildman–Crippen LogP) is 5.08. The number of hydrogen-bond donors (Lipinski definition) is 3. The van der Waals surface area contributed by atoms with Gasteiger partial charge < -0.3 is 20.4 Å². The van der Waals surface area contributed by atoms with E-state index in [9.17, 15) is 18.4 Å². The third-order valence-corrected chi connectivity index (χ3v) is 7.57. The fourth-order valence-electron chi connectivity index (χ4n) is 5.22. The Labute approximate surface area is 220 Å². The third kappa shape index (κ3) is 5.35. The molecule has 2 heterocycles. The monoisotopic (exact) mass is 525 g/mol. The van der Waals surface area contributed by atoms with Crippen molar-refractivity contribution in [3.8, 4) is 17.0 Å². The molecule has 2 amide bonds. The number of amides is 2. The second kappa shape index (κ2) is 10.7. The molecule has 10 heteroatoms. The molecule has 0 unspecified atom stereocenters. The number of halogens is 2. The number of aromatic nitrogens is 3. The van der Waals surface area contributed by atoms with Gasteiger partial charge in [-0.2, -0.15) is 0 Å². The number of aromatic amines is 1. The molecule has 2 aliphatic carbocycles. The van der Waals surface area contributed by atoms with E-state index in [0.717, 1.165) is 19.3 Å². The Hall–Kier alpha value is -3.56. The summed E-state index contributed by atoms with van der Waals surface area (Å²) in [6, 6.07) is 4.25. The van der Waals surface area contributed by atoms with Crippen molar-refractivity contribution in [3.63, 3.8) is 0 Å². The highest BCUT2D eigenvalue weighted by Gasteiger charge is 2.34. The molecule has 8 nitrogen and oxygen atoms in total. The SMILES string of the molecule is CCC(=O)N[C@H]1C[C@H](NC(=O)c2c(C)[nH]c3c(-c4cc(C(F)F)ccc4OCC4CC4)ncnc23)C[C@@H]1C. The second-order valence-electron chi connectivity index (χ2n) is 10.5. The van der Waals surface area contributed by atoms with E-state index in [0.29, 0.717) is 64.7 Å². The zero-order valence-corrected chi connectivity index (χ0v) is 21.8. The van der Waals surface area contributed by atoms with E-state index in [1.54, 1.807) is 13.0 Å². The average molecular weight is 526 g/mol. The van der Waals surface area contributed by atoms with Crippen LogP contribution in [0.5, 0.6) is 5.75 Å². The van der Waals surface area contributed by atoms with E-state index >= 15 is 0 Å². The quantitative estimate of drug-likeness (QED) is 0.361. The molecule has 3 aromatic rings. The molecule has 38 heavy (non-hydrogen) atoms. The lowest BCUT2D eigenvalue weighted by Gasteiger charge is -2.16. The Morgan fingerprint density at radius 2 is 1.97 bits per heavy atom. The highest BCUT2D eigenvalue weighted by molar-refractivity contribution is 6.09. The lowest BCUT2D eigenvalue weighted by Crippen LogP contribution is -2.38. The number of carbonyl (C=O) groups is 2. The van der Waals surface area contributed by atoms with Crippen LogP contribution in [0.1, 0.15) is 74.0 Å². The van der Waals surface area contributed by atoms with Crippen LogP contribution in [0.3, 0.4) is 0 Å². The van der Waals surface area contributed by atoms with Gasteiger partial charge in [-0.25, -0.2) is 18.7 Å². The van der Waals surface area contributed by atoms with E-state index in [-0.39, 0.29) is 35.4 Å². The summed E-state index contributed by atoms with van der Waals surface area (Å²) in [5.74, 6) is 0.926. The van der Waals surface area contributed by atoms with E-state index in [2.05, 4.69) is 32.5 Å². The molecule has 2 saturated carbocycles. The second-order valence-corrected chi connectivity index (χ2v) is 10.5. The van der Waals surface area contributed by atoms with Gasteiger partial charge in [-0.1, -0.05) is 13.8 Å². The van der Waals surface area contributed by atoms with Gasteiger partial charge in [0.25, 0.3) is 12.3 Å². The van der Waals surface area contributed by atoms with Crippen LogP contribution in [-0.4, -0.2) is 45.5 Å². The predicted molar refractivity (Wildman–Crippen MR) is 139 cm³/mol. The molecular weight excluding hydrogens is 492 g/mol. The van der Waals surface area contributed by atoms with Crippen molar-refractivity contribution in [1.29, 1.82) is 0 Å². The normalized spacial score (nSPS) is 21.2. The van der Waals surface area contributed by atoms with Crippen LogP contribution in [0.15, 0.2) is 24.5 Å². The number of H-pyrrole nitrogens is 1. The maximum absolute atomic E-state index is 13.6. The lowest BCUT2D eigenvalue weighted by atomic mass is 10.0. The molecule has 1 aromatic carbocycles. The molecule has 5 rings (SSSR count). The zero-order valence-electron chi connectivity index (χ0n) is 21.8. The molecule has 0 aliphatic heterocycles. The number of aryl methyl sites for hydroxylation is 1. The zero-order chi connectivity index (χ0) is 27.0. The van der Waals surface area contributed by atoms with Crippen molar-refractivity contribution in [2.45, 2.75) is 71.4 Å². The molecule has 2 fully saturated rings. The third-order valence-electron chi connectivity index (χ3n) is 7.57. The Balaban J connectivity index is 1.44. The van der Waals surface area contributed by atoms with Gasteiger partial charge in [-0.3, -0.25) is 9.59 Å². The van der Waals surface area contributed by atoms with Gasteiger partial charge in [0.1, 0.15) is 23.3 Å². The average Bonchev–Trinajstić information content (AvgIpc) is 3.57. The smallest absolute Gasteiger partial charge is 0.263 e. The standard InChI is InChI=1S/C28H33F2N5O3/c1-4-22(36)35-20-11-18(9-14(20)2)34-28(37)23-15(3)33-26-24(31-13-32-25(23)26)19-10-17(27(29)30)7-8-21(19)38-12-16-5-6-16/h7-8,10,13-14,16,18,20,27,33H,4-6,9,11-12H2,1-3H3,(H,34,37)(H,35,36)/t14-,18+,20-/m0/s1. The van der Waals surface area contributed by atoms with Crippen LogP contribution in [0.4, 0.5) is 8.78 Å². The number of fused-ring (bicyclic) bond motifs is 1. The topological polar surface area (TPSA) is 109 Å². The van der Waals surface area contributed by atoms with Crippen molar-refractivity contribution >= 4 is 22.8 Å². The summed E-state index contributed by atoms with van der Waals surface area (Å²) < 4.78 is 33.2. The van der Waals surface area contributed by atoms with Crippen LogP contribution in [0.2, 0.25) is 0 Å². The van der Waals surface area contributed by atoms with Crippen molar-refractivity contribution in [2.24, 2.45) is 11.8 Å². The maximum Gasteiger partial charge on any atom is 0.263 e. The summed E-state index contributed by atoms with van der Waals surface area (Å²) in [4.78, 5) is 37.3. The number of nitrogens with one attached hydrogen (secondary N) is 3. The molecule has 0 radical (unpaired) electrons. The van der Waals surface area contributed by atoms with E-state index in [1.807, 2.05) is 6.92 Å². The van der Waals surface area contributed by atoms with Crippen molar-refractivity contribution < 1.29 is 23.1 Å². The van der Waals surface area contributed by atoms with Crippen molar-refractivity contribution in [2.75, 3.05) is 6.61 Å². The van der Waals surface area contributed by atoms with Crippen LogP contribution in [-0.2, 0) is 4.79 Å². The van der Waals surface area contributed by atoms with Crippen LogP contribution >= 0.6 is 0 Å². The summed E-state index contributed by atoms with van der Waals surface area (Å²) in [5, 5.41) is 6.15. The Morgan fingerprint density at radius 3 is 2.68 bits per heavy atom. The number of rotatable bonds is 9. The molecule has 0 spiro atoms. The number of carbonyl (C=O) groups excluding carboxylic acids is 2. The number of ether oxygens (including phenoxy) is 1. The first-order valence-corrected chi connectivity index (χ1v) is 13.2. The number of nitrogens with zero attached hydrogens (tertiary/aromatic N) is 2. The van der Waals surface area contributed by atoms with Gasteiger partial charge in [-0.05, 0) is 62.6 Å². The molecule has 0 bridgehead atoms. The highest BCUT2D eigenvalue weighted by atomic mass is 19.3. The largest absolute Gasteiger partial charge is 0.493 e. The Kier molecular flexibility index (Phi) is 7.32. The minimum absolute atomic E-state index is 0.00178. The first kappa shape index (κ1) is 26.1. The first-order chi connectivity index (χ1) is 18.2. The molecule has 202 valence electrons. The minimum atomic E-state index is -2.64. The van der Waals surface area contributed by atoms with Gasteiger partial charge in [0, 0.05) is 35.3 Å². The van der Waals surface area contributed by atoms with Crippen molar-refractivity contribution in [3.05, 3.63) is 41.3 Å². The number of benzene rings is 1. The van der Waals surface area contributed by atoms with Crippen LogP contribution in [0, 0.1) is 18.8 Å². The molecule has 0 saturated heterocycles. The Morgan fingerprint density at radius 1 is 1.18 bits per heavy atom. The van der Waals surface area contributed by atoms with Gasteiger partial charge in [-0.15, -0.1) is 0 Å². The summed E-state index contributed by atoms with van der Waals surface area (Å²) >= 11 is 0. The molecule has 3 N–H and O–H groups in total. The van der Waals surface area contributed by atoms with Gasteiger partial charge in [0.2, 0.25) is 5.91 Å². The summed E-state index contributed by atoms with van der Waals surface area (Å²) in [5.41, 5.74) is 2.61. The van der Waals surface area contributed by atoms with Gasteiger partial charge in [0.05, 0.1) is 17.7 Å². The molecule has 2 aromatic heterocycles. The summed E-state index contributed by atoms with van der Waals surface area (Å²) in [6.07, 6.45) is 2.73.